The van der Waals surface area contributed by atoms with Crippen LogP contribution in [-0.2, 0) is 5.60 Å². The normalized spacial score (nSPS) is 15.6. The van der Waals surface area contributed by atoms with Crippen molar-refractivity contribution >= 4 is 0 Å². The number of benzene rings is 1. The molecule has 0 amide bonds. The number of aliphatic hydroxyl groups is 2. The van der Waals surface area contributed by atoms with Crippen LogP contribution in [0.15, 0.2) is 30.3 Å². The standard InChI is InChI=1S/C10H14O2/c1-2-10(12,8-11)9-6-4-3-5-7-9/h3-7,11-12H,2,8H2,1H3. The predicted molar refractivity (Wildman–Crippen MR) is 47.7 cm³/mol. The Morgan fingerprint density at radius 1 is 1.25 bits per heavy atom. The number of hydrogen-bond acceptors (Lipinski definition) is 2. The van der Waals surface area contributed by atoms with E-state index in [4.69, 9.17) is 5.11 Å². The summed E-state index contributed by atoms with van der Waals surface area (Å²) in [5.41, 5.74) is -0.295. The summed E-state index contributed by atoms with van der Waals surface area (Å²) in [5.74, 6) is 0. The highest BCUT2D eigenvalue weighted by molar-refractivity contribution is 5.21. The van der Waals surface area contributed by atoms with Gasteiger partial charge in [0.05, 0.1) is 6.61 Å². The van der Waals surface area contributed by atoms with E-state index in [2.05, 4.69) is 0 Å². The molecule has 1 aromatic carbocycles. The molecule has 2 heteroatoms. The number of aliphatic hydroxyl groups excluding tert-OH is 1. The van der Waals surface area contributed by atoms with Crippen LogP contribution in [0.1, 0.15) is 18.9 Å². The van der Waals surface area contributed by atoms with Crippen LogP contribution in [-0.4, -0.2) is 16.8 Å². The minimum absolute atomic E-state index is 0.229. The summed E-state index contributed by atoms with van der Waals surface area (Å²) in [5, 5.41) is 18.8. The molecule has 12 heavy (non-hydrogen) atoms. The van der Waals surface area contributed by atoms with Crippen molar-refractivity contribution in [1.82, 2.24) is 0 Å². The van der Waals surface area contributed by atoms with Gasteiger partial charge in [0.1, 0.15) is 5.60 Å². The van der Waals surface area contributed by atoms with Crippen molar-refractivity contribution in [3.63, 3.8) is 0 Å². The van der Waals surface area contributed by atoms with Gasteiger partial charge in [0.25, 0.3) is 0 Å². The first-order valence-corrected chi connectivity index (χ1v) is 4.11. The van der Waals surface area contributed by atoms with E-state index in [9.17, 15) is 5.11 Å². The molecular formula is C10H14O2. The number of hydrogen-bond donors (Lipinski definition) is 2. The maximum Gasteiger partial charge on any atom is 0.112 e. The zero-order valence-corrected chi connectivity index (χ0v) is 7.20. The highest BCUT2D eigenvalue weighted by Crippen LogP contribution is 2.23. The SMILES string of the molecule is CCC(O)(CO)c1ccccc1. The molecule has 0 spiro atoms. The van der Waals surface area contributed by atoms with Gasteiger partial charge in [-0.2, -0.15) is 0 Å². The average Bonchev–Trinajstić information content (AvgIpc) is 2.18. The van der Waals surface area contributed by atoms with E-state index in [1.807, 2.05) is 37.3 Å². The molecule has 1 rings (SSSR count). The quantitative estimate of drug-likeness (QED) is 0.710. The van der Waals surface area contributed by atoms with Crippen LogP contribution in [0.25, 0.3) is 0 Å². The minimum Gasteiger partial charge on any atom is -0.393 e. The molecule has 1 unspecified atom stereocenters. The molecule has 0 aliphatic carbocycles. The van der Waals surface area contributed by atoms with Gasteiger partial charge in [0, 0.05) is 0 Å². The van der Waals surface area contributed by atoms with Gasteiger partial charge in [0.15, 0.2) is 0 Å². The molecule has 2 N–H and O–H groups in total. The van der Waals surface area contributed by atoms with Crippen LogP contribution in [0.4, 0.5) is 0 Å². The molecule has 0 aliphatic heterocycles. The Hall–Kier alpha value is -0.860. The maximum absolute atomic E-state index is 9.85. The molecule has 66 valence electrons. The summed E-state index contributed by atoms with van der Waals surface area (Å²) in [4.78, 5) is 0. The lowest BCUT2D eigenvalue weighted by Crippen LogP contribution is -2.28. The molecule has 1 aromatic rings. The van der Waals surface area contributed by atoms with Gasteiger partial charge in [-0.15, -0.1) is 0 Å². The van der Waals surface area contributed by atoms with Crippen molar-refractivity contribution in [2.45, 2.75) is 18.9 Å². The van der Waals surface area contributed by atoms with Crippen molar-refractivity contribution in [1.29, 1.82) is 0 Å². The van der Waals surface area contributed by atoms with Gasteiger partial charge in [-0.05, 0) is 12.0 Å². The van der Waals surface area contributed by atoms with Gasteiger partial charge in [-0.3, -0.25) is 0 Å². The van der Waals surface area contributed by atoms with E-state index in [1.165, 1.54) is 0 Å². The maximum atomic E-state index is 9.85. The van der Waals surface area contributed by atoms with Crippen LogP contribution in [0, 0.1) is 0 Å². The molecule has 0 radical (unpaired) electrons. The largest absolute Gasteiger partial charge is 0.393 e. The Balaban J connectivity index is 2.95. The highest BCUT2D eigenvalue weighted by atomic mass is 16.3. The smallest absolute Gasteiger partial charge is 0.112 e. The minimum atomic E-state index is -1.07. The Kier molecular flexibility index (Phi) is 2.84. The second-order valence-electron chi connectivity index (χ2n) is 2.91. The van der Waals surface area contributed by atoms with Crippen LogP contribution < -0.4 is 0 Å². The van der Waals surface area contributed by atoms with Gasteiger partial charge in [0.2, 0.25) is 0 Å². The zero-order valence-electron chi connectivity index (χ0n) is 7.20. The molecule has 1 atom stereocenters. The summed E-state index contributed by atoms with van der Waals surface area (Å²) in [6, 6.07) is 9.23. The van der Waals surface area contributed by atoms with Crippen molar-refractivity contribution < 1.29 is 10.2 Å². The third-order valence-electron chi connectivity index (χ3n) is 2.16. The molecule has 2 nitrogen and oxygen atoms in total. The van der Waals surface area contributed by atoms with Crippen molar-refractivity contribution in [3.05, 3.63) is 35.9 Å². The fourth-order valence-electron chi connectivity index (χ4n) is 1.16. The Morgan fingerprint density at radius 3 is 2.25 bits per heavy atom. The van der Waals surface area contributed by atoms with E-state index in [0.717, 1.165) is 5.56 Å². The summed E-state index contributed by atoms with van der Waals surface area (Å²) in [6.45, 7) is 1.62. The lowest BCUT2D eigenvalue weighted by molar-refractivity contribution is -0.0222. The van der Waals surface area contributed by atoms with Crippen LogP contribution >= 0.6 is 0 Å². The fourth-order valence-corrected chi connectivity index (χ4v) is 1.16. The molecule has 0 saturated carbocycles. The van der Waals surface area contributed by atoms with E-state index >= 15 is 0 Å². The fraction of sp³-hybridized carbons (Fsp3) is 0.400. The first-order valence-electron chi connectivity index (χ1n) is 4.11. The van der Waals surface area contributed by atoms with Gasteiger partial charge in [-0.25, -0.2) is 0 Å². The van der Waals surface area contributed by atoms with Crippen molar-refractivity contribution in [2.24, 2.45) is 0 Å². The van der Waals surface area contributed by atoms with Crippen molar-refractivity contribution in [2.75, 3.05) is 6.61 Å². The lowest BCUT2D eigenvalue weighted by Gasteiger charge is -2.24. The van der Waals surface area contributed by atoms with Gasteiger partial charge >= 0.3 is 0 Å². The lowest BCUT2D eigenvalue weighted by atomic mass is 9.92. The summed E-state index contributed by atoms with van der Waals surface area (Å²) >= 11 is 0. The van der Waals surface area contributed by atoms with E-state index in [-0.39, 0.29) is 6.61 Å². The second-order valence-corrected chi connectivity index (χ2v) is 2.91. The molecule has 0 bridgehead atoms. The first-order chi connectivity index (χ1) is 5.73. The second kappa shape index (κ2) is 3.70. The molecule has 0 aromatic heterocycles. The summed E-state index contributed by atoms with van der Waals surface area (Å²) in [7, 11) is 0. The molecule has 0 saturated heterocycles. The summed E-state index contributed by atoms with van der Waals surface area (Å²) in [6.07, 6.45) is 0.521. The first kappa shape index (κ1) is 9.23. The highest BCUT2D eigenvalue weighted by Gasteiger charge is 2.25. The Bertz CT molecular complexity index is 227. The Morgan fingerprint density at radius 2 is 1.83 bits per heavy atom. The van der Waals surface area contributed by atoms with Crippen LogP contribution in [0.2, 0.25) is 0 Å². The van der Waals surface area contributed by atoms with Crippen molar-refractivity contribution in [3.8, 4) is 0 Å². The number of rotatable bonds is 3. The molecular weight excluding hydrogens is 152 g/mol. The van der Waals surface area contributed by atoms with E-state index in [0.29, 0.717) is 6.42 Å². The monoisotopic (exact) mass is 166 g/mol. The van der Waals surface area contributed by atoms with Crippen LogP contribution in [0.3, 0.4) is 0 Å². The molecule has 0 aliphatic rings. The van der Waals surface area contributed by atoms with Crippen LogP contribution in [0.5, 0.6) is 0 Å². The summed E-state index contributed by atoms with van der Waals surface area (Å²) < 4.78 is 0. The van der Waals surface area contributed by atoms with Gasteiger partial charge in [-0.1, -0.05) is 37.3 Å². The average molecular weight is 166 g/mol. The topological polar surface area (TPSA) is 40.5 Å². The van der Waals surface area contributed by atoms with Gasteiger partial charge < -0.3 is 10.2 Å². The Labute approximate surface area is 72.5 Å². The third-order valence-corrected chi connectivity index (χ3v) is 2.16. The van der Waals surface area contributed by atoms with E-state index < -0.39 is 5.60 Å². The molecule has 0 fully saturated rings. The zero-order chi connectivity index (χ0) is 9.03. The predicted octanol–water partition coefficient (Wildman–Crippen LogP) is 1.28. The van der Waals surface area contributed by atoms with E-state index in [1.54, 1.807) is 0 Å². The third kappa shape index (κ3) is 1.65. The molecule has 0 heterocycles.